The van der Waals surface area contributed by atoms with Gasteiger partial charge in [0.2, 0.25) is 0 Å². The molecule has 0 saturated carbocycles. The van der Waals surface area contributed by atoms with E-state index in [1.807, 2.05) is 60.0 Å². The SMILES string of the molecule is C=C(O)Cn1c2cc(Br)ccc2c2ccc(-c3c(C(=O)Cl)c(C)cc4ccccc34)cc21. The molecule has 3 nitrogen and oxygen atoms in total. The number of aromatic nitrogens is 1. The van der Waals surface area contributed by atoms with Crippen molar-refractivity contribution in [2.24, 2.45) is 0 Å². The van der Waals surface area contributed by atoms with Crippen LogP contribution in [0.4, 0.5) is 0 Å². The molecule has 0 aliphatic carbocycles. The highest BCUT2D eigenvalue weighted by molar-refractivity contribution is 9.10. The van der Waals surface area contributed by atoms with Gasteiger partial charge in [-0.05, 0) is 58.6 Å². The lowest BCUT2D eigenvalue weighted by molar-refractivity contribution is 0.108. The van der Waals surface area contributed by atoms with Crippen molar-refractivity contribution in [1.82, 2.24) is 4.57 Å². The lowest BCUT2D eigenvalue weighted by Crippen LogP contribution is -2.01. The molecule has 0 fully saturated rings. The van der Waals surface area contributed by atoms with Gasteiger partial charge in [-0.3, -0.25) is 4.79 Å². The molecule has 5 rings (SSSR count). The van der Waals surface area contributed by atoms with Crippen LogP contribution in [-0.2, 0) is 6.54 Å². The topological polar surface area (TPSA) is 42.2 Å². The Balaban J connectivity index is 1.90. The van der Waals surface area contributed by atoms with Gasteiger partial charge in [0.15, 0.2) is 0 Å². The molecule has 5 aromatic rings. The van der Waals surface area contributed by atoms with Crippen LogP contribution in [0.2, 0.25) is 0 Å². The van der Waals surface area contributed by atoms with Crippen LogP contribution in [0.1, 0.15) is 15.9 Å². The zero-order valence-electron chi connectivity index (χ0n) is 17.3. The second kappa shape index (κ2) is 7.80. The van der Waals surface area contributed by atoms with E-state index >= 15 is 0 Å². The molecule has 0 aliphatic heterocycles. The van der Waals surface area contributed by atoms with E-state index in [2.05, 4.69) is 40.7 Å². The molecule has 1 heterocycles. The number of aryl methyl sites for hydroxylation is 1. The van der Waals surface area contributed by atoms with Gasteiger partial charge in [0.05, 0.1) is 17.6 Å². The van der Waals surface area contributed by atoms with Crippen LogP contribution in [0, 0.1) is 6.92 Å². The molecule has 0 amide bonds. The average molecular weight is 505 g/mol. The first-order valence-corrected chi connectivity index (χ1v) is 11.3. The molecule has 0 aliphatic rings. The molecule has 0 bridgehead atoms. The Morgan fingerprint density at radius 2 is 1.69 bits per heavy atom. The van der Waals surface area contributed by atoms with E-state index in [4.69, 9.17) is 11.6 Å². The molecule has 1 aromatic heterocycles. The van der Waals surface area contributed by atoms with Crippen molar-refractivity contribution in [3.8, 4) is 11.1 Å². The number of hydrogen-bond donors (Lipinski definition) is 1. The summed E-state index contributed by atoms with van der Waals surface area (Å²) in [6.45, 7) is 5.88. The van der Waals surface area contributed by atoms with Crippen LogP contribution < -0.4 is 0 Å². The first kappa shape index (κ1) is 20.8. The Labute approximate surface area is 198 Å². The van der Waals surface area contributed by atoms with E-state index in [0.717, 1.165) is 53.7 Å². The van der Waals surface area contributed by atoms with Gasteiger partial charge in [0.1, 0.15) is 5.76 Å². The number of benzene rings is 4. The molecule has 1 N–H and O–H groups in total. The quantitative estimate of drug-likeness (QED) is 0.198. The predicted molar refractivity (Wildman–Crippen MR) is 137 cm³/mol. The van der Waals surface area contributed by atoms with E-state index in [-0.39, 0.29) is 12.3 Å². The zero-order chi connectivity index (χ0) is 22.6. The van der Waals surface area contributed by atoms with Crippen molar-refractivity contribution in [2.75, 3.05) is 0 Å². The summed E-state index contributed by atoms with van der Waals surface area (Å²) < 4.78 is 3.00. The summed E-state index contributed by atoms with van der Waals surface area (Å²) in [5.74, 6) is 0.0757. The molecule has 5 heteroatoms. The van der Waals surface area contributed by atoms with Gasteiger partial charge < -0.3 is 9.67 Å². The van der Waals surface area contributed by atoms with Crippen LogP contribution in [0.3, 0.4) is 0 Å². The summed E-state index contributed by atoms with van der Waals surface area (Å²) in [4.78, 5) is 12.5. The Morgan fingerprint density at radius 1 is 1.00 bits per heavy atom. The van der Waals surface area contributed by atoms with E-state index in [0.29, 0.717) is 5.56 Å². The Hall–Kier alpha value is -3.08. The van der Waals surface area contributed by atoms with Crippen molar-refractivity contribution < 1.29 is 9.90 Å². The molecular formula is C27H19BrClNO2. The van der Waals surface area contributed by atoms with Gasteiger partial charge in [-0.15, -0.1) is 0 Å². The minimum atomic E-state index is -0.475. The van der Waals surface area contributed by atoms with Crippen molar-refractivity contribution in [3.63, 3.8) is 0 Å². The van der Waals surface area contributed by atoms with Gasteiger partial charge >= 0.3 is 0 Å². The van der Waals surface area contributed by atoms with Crippen molar-refractivity contribution in [2.45, 2.75) is 13.5 Å². The second-order valence-corrected chi connectivity index (χ2v) is 9.24. The average Bonchev–Trinajstić information content (AvgIpc) is 3.04. The maximum atomic E-state index is 12.5. The molecule has 0 radical (unpaired) electrons. The maximum absolute atomic E-state index is 12.5. The van der Waals surface area contributed by atoms with E-state index in [9.17, 15) is 9.90 Å². The molecule has 4 aromatic carbocycles. The molecule has 158 valence electrons. The van der Waals surface area contributed by atoms with Crippen LogP contribution in [0.5, 0.6) is 0 Å². The number of aliphatic hydroxyl groups excluding tert-OH is 1. The van der Waals surface area contributed by atoms with Crippen LogP contribution >= 0.6 is 27.5 Å². The number of halogens is 2. The number of allylic oxidation sites excluding steroid dienone is 1. The third-order valence-corrected chi connectivity index (χ3v) is 6.58. The molecule has 0 unspecified atom stereocenters. The smallest absolute Gasteiger partial charge is 0.253 e. The highest BCUT2D eigenvalue weighted by atomic mass is 79.9. The number of nitrogens with zero attached hydrogens (tertiary/aromatic N) is 1. The van der Waals surface area contributed by atoms with Crippen molar-refractivity contribution in [1.29, 1.82) is 0 Å². The number of carbonyl (C=O) groups is 1. The third kappa shape index (κ3) is 3.31. The third-order valence-electron chi connectivity index (χ3n) is 5.90. The van der Waals surface area contributed by atoms with E-state index < -0.39 is 5.24 Å². The van der Waals surface area contributed by atoms with Crippen LogP contribution in [0.15, 0.2) is 83.5 Å². The van der Waals surface area contributed by atoms with E-state index in [1.165, 1.54) is 0 Å². The fraction of sp³-hybridized carbons (Fsp3) is 0.0741. The first-order chi connectivity index (χ1) is 15.3. The van der Waals surface area contributed by atoms with Crippen molar-refractivity contribution in [3.05, 3.63) is 94.7 Å². The summed E-state index contributed by atoms with van der Waals surface area (Å²) in [6, 6.07) is 22.3. The lowest BCUT2D eigenvalue weighted by atomic mass is 9.90. The Kier molecular flexibility index (Phi) is 5.07. The van der Waals surface area contributed by atoms with Crippen LogP contribution in [0.25, 0.3) is 43.7 Å². The Morgan fingerprint density at radius 3 is 2.41 bits per heavy atom. The highest BCUT2D eigenvalue weighted by Gasteiger charge is 2.19. The number of carbonyl (C=O) groups excluding carboxylic acids is 1. The normalized spacial score (nSPS) is 11.5. The highest BCUT2D eigenvalue weighted by Crippen LogP contribution is 2.39. The summed E-state index contributed by atoms with van der Waals surface area (Å²) in [6.07, 6.45) is 0. The minimum Gasteiger partial charge on any atom is -0.511 e. The van der Waals surface area contributed by atoms with Gasteiger partial charge in [0.25, 0.3) is 5.24 Å². The maximum Gasteiger partial charge on any atom is 0.253 e. The summed E-state index contributed by atoms with van der Waals surface area (Å²) in [7, 11) is 0. The molecule has 0 saturated heterocycles. The Bertz CT molecular complexity index is 1580. The fourth-order valence-electron chi connectivity index (χ4n) is 4.62. The molecule has 32 heavy (non-hydrogen) atoms. The number of fused-ring (bicyclic) bond motifs is 4. The lowest BCUT2D eigenvalue weighted by Gasteiger charge is -2.15. The van der Waals surface area contributed by atoms with E-state index in [1.54, 1.807) is 0 Å². The number of rotatable bonds is 4. The summed E-state index contributed by atoms with van der Waals surface area (Å²) >= 11 is 9.62. The zero-order valence-corrected chi connectivity index (χ0v) is 19.7. The molecule has 0 atom stereocenters. The number of hydrogen-bond acceptors (Lipinski definition) is 2. The van der Waals surface area contributed by atoms with Gasteiger partial charge in [0, 0.05) is 26.4 Å². The number of aliphatic hydroxyl groups is 1. The van der Waals surface area contributed by atoms with Gasteiger partial charge in [-0.1, -0.05) is 71.0 Å². The largest absolute Gasteiger partial charge is 0.511 e. The minimum absolute atomic E-state index is 0.0757. The predicted octanol–water partition coefficient (Wildman–Crippen LogP) is 8.14. The summed E-state index contributed by atoms with van der Waals surface area (Å²) in [5, 5.41) is 13.7. The first-order valence-electron chi connectivity index (χ1n) is 10.2. The fourth-order valence-corrected chi connectivity index (χ4v) is 5.21. The van der Waals surface area contributed by atoms with Gasteiger partial charge in [-0.25, -0.2) is 0 Å². The van der Waals surface area contributed by atoms with Gasteiger partial charge in [-0.2, -0.15) is 0 Å². The molecule has 0 spiro atoms. The summed E-state index contributed by atoms with van der Waals surface area (Å²) in [5.41, 5.74) is 5.01. The standard InChI is InChI=1S/C27H19BrClNO2/c1-15-11-17-5-3-4-6-20(17)26(25(15)27(29)32)18-7-9-21-22-10-8-19(28)13-24(22)30(14-16(2)31)23(21)12-18/h3-13,31H,2,14H2,1H3. The second-order valence-electron chi connectivity index (χ2n) is 7.98. The van der Waals surface area contributed by atoms with Crippen LogP contribution in [-0.4, -0.2) is 14.9 Å². The molecular weight excluding hydrogens is 486 g/mol. The van der Waals surface area contributed by atoms with Crippen molar-refractivity contribution >= 4 is 65.4 Å². The monoisotopic (exact) mass is 503 g/mol.